The summed E-state index contributed by atoms with van der Waals surface area (Å²) in [5, 5.41) is 2.10. The lowest BCUT2D eigenvalue weighted by atomic mass is 10.1. The van der Waals surface area contributed by atoms with Gasteiger partial charge in [-0.15, -0.1) is 11.3 Å². The molecule has 1 nitrogen and oxygen atoms in total. The fraction of sp³-hybridized carbons (Fsp3) is 0.0909. The minimum absolute atomic E-state index is 0.897. The van der Waals surface area contributed by atoms with Crippen molar-refractivity contribution in [3.63, 3.8) is 0 Å². The summed E-state index contributed by atoms with van der Waals surface area (Å²) in [6.45, 7) is 0. The average molecular weight is 222 g/mol. The lowest BCUT2D eigenvalue weighted by molar-refractivity contribution is 0.415. The van der Waals surface area contributed by atoms with E-state index < -0.39 is 0 Å². The van der Waals surface area contributed by atoms with Crippen LogP contribution in [0.1, 0.15) is 0 Å². The van der Waals surface area contributed by atoms with Gasteiger partial charge in [0.15, 0.2) is 0 Å². The number of hydrogen-bond donors (Lipinski definition) is 0. The van der Waals surface area contributed by atoms with Gasteiger partial charge in [-0.1, -0.05) is 21.4 Å². The second kappa shape index (κ2) is 4.12. The highest BCUT2D eigenvalue weighted by atomic mass is 32.1. The lowest BCUT2D eigenvalue weighted by Gasteiger charge is -2.02. The zero-order valence-electron chi connectivity index (χ0n) is 7.86. The molecule has 1 aromatic carbocycles. The molecule has 0 amide bonds. The van der Waals surface area contributed by atoms with Gasteiger partial charge in [0.1, 0.15) is 5.75 Å². The Morgan fingerprint density at radius 2 is 1.86 bits per heavy atom. The fourth-order valence-corrected chi connectivity index (χ4v) is 2.49. The molecule has 14 heavy (non-hydrogen) atoms. The number of ether oxygens (including phenoxy) is 1. The molecular weight excluding hydrogens is 211 g/mol. The predicted octanol–water partition coefficient (Wildman–Crippen LogP) is 2.92. The third-order valence-corrected chi connectivity index (χ3v) is 3.56. The van der Waals surface area contributed by atoms with E-state index in [0.29, 0.717) is 0 Å². The number of rotatable bonds is 2. The van der Waals surface area contributed by atoms with E-state index in [9.17, 15) is 0 Å². The maximum absolute atomic E-state index is 5.11. The summed E-state index contributed by atoms with van der Waals surface area (Å²) < 4.78 is 6.39. The summed E-state index contributed by atoms with van der Waals surface area (Å²) >= 11 is 1.74. The highest BCUT2D eigenvalue weighted by molar-refractivity contribution is 7.43. The van der Waals surface area contributed by atoms with E-state index in [-0.39, 0.29) is 0 Å². The van der Waals surface area contributed by atoms with Crippen LogP contribution in [0.4, 0.5) is 0 Å². The van der Waals surface area contributed by atoms with Crippen LogP contribution in [0.2, 0.25) is 0 Å². The summed E-state index contributed by atoms with van der Waals surface area (Å²) in [5.74, 6) is 0.897. The Morgan fingerprint density at radius 3 is 2.36 bits per heavy atom. The summed E-state index contributed by atoms with van der Waals surface area (Å²) in [7, 11) is 4.44. The molecule has 0 fully saturated rings. The van der Waals surface area contributed by atoms with Crippen molar-refractivity contribution < 1.29 is 4.74 Å². The van der Waals surface area contributed by atoms with Gasteiger partial charge in [0.2, 0.25) is 0 Å². The molecule has 0 bridgehead atoms. The van der Waals surface area contributed by atoms with E-state index in [1.54, 1.807) is 18.4 Å². The minimum atomic E-state index is 0.897. The van der Waals surface area contributed by atoms with Crippen molar-refractivity contribution in [1.29, 1.82) is 0 Å². The SMILES string of the molecule is COc1ccc(-c2ccsc2P)cc1. The van der Waals surface area contributed by atoms with E-state index in [4.69, 9.17) is 4.74 Å². The average Bonchev–Trinajstić information content (AvgIpc) is 2.65. The molecular formula is C11H11OPS. The first-order chi connectivity index (χ1) is 6.81. The monoisotopic (exact) mass is 222 g/mol. The van der Waals surface area contributed by atoms with Gasteiger partial charge in [-0.25, -0.2) is 0 Å². The lowest BCUT2D eigenvalue weighted by Crippen LogP contribution is -1.87. The van der Waals surface area contributed by atoms with Crippen molar-refractivity contribution in [1.82, 2.24) is 0 Å². The highest BCUT2D eigenvalue weighted by Gasteiger charge is 2.02. The molecule has 0 aliphatic rings. The molecule has 1 unspecified atom stereocenters. The Bertz CT molecular complexity index is 419. The Hall–Kier alpha value is -0.850. The van der Waals surface area contributed by atoms with Crippen molar-refractivity contribution in [2.45, 2.75) is 0 Å². The zero-order chi connectivity index (χ0) is 9.97. The maximum atomic E-state index is 5.11. The molecule has 0 saturated carbocycles. The van der Waals surface area contributed by atoms with Gasteiger partial charge in [0, 0.05) is 4.62 Å². The third-order valence-electron chi connectivity index (χ3n) is 2.10. The second-order valence-electron chi connectivity index (χ2n) is 2.93. The molecule has 0 radical (unpaired) electrons. The molecule has 1 heterocycles. The highest BCUT2D eigenvalue weighted by Crippen LogP contribution is 2.24. The fourth-order valence-electron chi connectivity index (χ4n) is 1.33. The summed E-state index contributed by atoms with van der Waals surface area (Å²) in [5.41, 5.74) is 2.51. The molecule has 0 aliphatic carbocycles. The minimum Gasteiger partial charge on any atom is -0.497 e. The van der Waals surface area contributed by atoms with Crippen molar-refractivity contribution in [3.05, 3.63) is 35.7 Å². The van der Waals surface area contributed by atoms with Crippen molar-refractivity contribution in [2.24, 2.45) is 0 Å². The van der Waals surface area contributed by atoms with Crippen LogP contribution in [0, 0.1) is 0 Å². The summed E-state index contributed by atoms with van der Waals surface area (Å²) in [4.78, 5) is 0. The quantitative estimate of drug-likeness (QED) is 0.710. The molecule has 1 atom stereocenters. The van der Waals surface area contributed by atoms with E-state index in [0.717, 1.165) is 5.75 Å². The van der Waals surface area contributed by atoms with Gasteiger partial charge in [0.05, 0.1) is 7.11 Å². The molecule has 0 N–H and O–H groups in total. The predicted molar refractivity (Wildman–Crippen MR) is 65.7 cm³/mol. The van der Waals surface area contributed by atoms with Crippen LogP contribution in [-0.2, 0) is 0 Å². The second-order valence-corrected chi connectivity index (χ2v) is 4.87. The van der Waals surface area contributed by atoms with Gasteiger partial charge in [-0.05, 0) is 34.7 Å². The Balaban J connectivity index is 2.39. The molecule has 0 aliphatic heterocycles. The van der Waals surface area contributed by atoms with Crippen LogP contribution in [0.3, 0.4) is 0 Å². The molecule has 72 valence electrons. The van der Waals surface area contributed by atoms with Gasteiger partial charge >= 0.3 is 0 Å². The van der Waals surface area contributed by atoms with Crippen LogP contribution in [0.15, 0.2) is 35.7 Å². The standard InChI is InChI=1S/C11H11OPS/c1-12-9-4-2-8(3-5-9)10-6-7-14-11(10)13/h2-7H,13H2,1H3. The number of methoxy groups -OCH3 is 1. The Morgan fingerprint density at radius 1 is 1.14 bits per heavy atom. The molecule has 3 heteroatoms. The van der Waals surface area contributed by atoms with Crippen LogP contribution in [0.25, 0.3) is 11.1 Å². The first-order valence-corrected chi connectivity index (χ1v) is 5.74. The van der Waals surface area contributed by atoms with Crippen molar-refractivity contribution in [3.8, 4) is 16.9 Å². The van der Waals surface area contributed by atoms with Crippen molar-refractivity contribution >= 4 is 25.2 Å². The summed E-state index contributed by atoms with van der Waals surface area (Å²) in [6, 6.07) is 10.3. The Kier molecular flexibility index (Phi) is 2.85. The van der Waals surface area contributed by atoms with E-state index in [1.807, 2.05) is 12.1 Å². The maximum Gasteiger partial charge on any atom is 0.118 e. The van der Waals surface area contributed by atoms with Gasteiger partial charge < -0.3 is 4.74 Å². The van der Waals surface area contributed by atoms with Crippen molar-refractivity contribution in [2.75, 3.05) is 7.11 Å². The van der Waals surface area contributed by atoms with Gasteiger partial charge in [0.25, 0.3) is 0 Å². The number of benzene rings is 1. The smallest absolute Gasteiger partial charge is 0.118 e. The number of hydrogen-bond acceptors (Lipinski definition) is 2. The molecule has 2 aromatic rings. The zero-order valence-corrected chi connectivity index (χ0v) is 9.83. The molecule has 0 saturated heterocycles. The first-order valence-electron chi connectivity index (χ1n) is 4.28. The first kappa shape index (κ1) is 9.70. The molecule has 0 spiro atoms. The Labute approximate surface area is 89.9 Å². The van der Waals surface area contributed by atoms with E-state index in [2.05, 4.69) is 32.8 Å². The van der Waals surface area contributed by atoms with E-state index >= 15 is 0 Å². The normalized spacial score (nSPS) is 10.1. The topological polar surface area (TPSA) is 9.23 Å². The molecule has 2 rings (SSSR count). The van der Waals surface area contributed by atoms with Crippen LogP contribution < -0.4 is 9.36 Å². The van der Waals surface area contributed by atoms with Crippen LogP contribution in [-0.4, -0.2) is 7.11 Å². The number of thiophene rings is 1. The van der Waals surface area contributed by atoms with Crippen LogP contribution in [0.5, 0.6) is 5.75 Å². The largest absolute Gasteiger partial charge is 0.497 e. The van der Waals surface area contributed by atoms with E-state index in [1.165, 1.54) is 15.7 Å². The third kappa shape index (κ3) is 1.82. The van der Waals surface area contributed by atoms with Gasteiger partial charge in [-0.2, -0.15) is 0 Å². The van der Waals surface area contributed by atoms with Crippen LogP contribution >= 0.6 is 20.6 Å². The summed E-state index contributed by atoms with van der Waals surface area (Å²) in [6.07, 6.45) is 0. The van der Waals surface area contributed by atoms with Gasteiger partial charge in [-0.3, -0.25) is 0 Å². The molecule has 1 aromatic heterocycles.